The van der Waals surface area contributed by atoms with Gasteiger partial charge in [-0.2, -0.15) is 0 Å². The fourth-order valence-electron chi connectivity index (χ4n) is 1.88. The van der Waals surface area contributed by atoms with Gasteiger partial charge in [0.25, 0.3) is 0 Å². The molecule has 7 heteroatoms. The van der Waals surface area contributed by atoms with Gasteiger partial charge in [-0.25, -0.2) is 9.37 Å². The summed E-state index contributed by atoms with van der Waals surface area (Å²) in [7, 11) is 0. The predicted molar refractivity (Wildman–Crippen MR) is 78.9 cm³/mol. The lowest BCUT2D eigenvalue weighted by Gasteiger charge is -2.04. The lowest BCUT2D eigenvalue weighted by molar-refractivity contribution is 0.626. The fourth-order valence-corrected chi connectivity index (χ4v) is 2.73. The minimum absolute atomic E-state index is 0.309. The molecule has 19 heavy (non-hydrogen) atoms. The van der Waals surface area contributed by atoms with Gasteiger partial charge in [0.2, 0.25) is 0 Å². The molecule has 0 unspecified atom stereocenters. The van der Waals surface area contributed by atoms with Crippen LogP contribution in [-0.4, -0.2) is 14.5 Å². The number of H-pyrrole nitrogens is 1. The van der Waals surface area contributed by atoms with Crippen molar-refractivity contribution in [2.45, 2.75) is 0 Å². The van der Waals surface area contributed by atoms with Crippen LogP contribution in [0.15, 0.2) is 34.9 Å². The summed E-state index contributed by atoms with van der Waals surface area (Å²) in [5, 5.41) is 0.309. The van der Waals surface area contributed by atoms with Crippen LogP contribution < -0.4 is 0 Å². The second kappa shape index (κ2) is 4.70. The smallest absolute Gasteiger partial charge is 0.184 e. The van der Waals surface area contributed by atoms with E-state index >= 15 is 0 Å². The standard InChI is InChI=1S/C12H6BrClFN3S/c13-6-1-10-11(16-5-6)18(12(19)17-10)9-3-7(14)2-8(15)4-9/h1-5H,(H,17,19). The van der Waals surface area contributed by atoms with E-state index < -0.39 is 5.82 Å². The van der Waals surface area contributed by atoms with Gasteiger partial charge in [-0.05, 0) is 52.4 Å². The minimum atomic E-state index is -0.420. The van der Waals surface area contributed by atoms with Gasteiger partial charge in [0.05, 0.1) is 11.2 Å². The zero-order chi connectivity index (χ0) is 13.6. The summed E-state index contributed by atoms with van der Waals surface area (Å²) in [6, 6.07) is 6.10. The van der Waals surface area contributed by atoms with Gasteiger partial charge >= 0.3 is 0 Å². The van der Waals surface area contributed by atoms with Crippen LogP contribution >= 0.6 is 39.7 Å². The number of halogens is 3. The van der Waals surface area contributed by atoms with Crippen molar-refractivity contribution in [2.24, 2.45) is 0 Å². The Bertz CT molecular complexity index is 822. The first-order valence-electron chi connectivity index (χ1n) is 5.27. The minimum Gasteiger partial charge on any atom is -0.329 e. The van der Waals surface area contributed by atoms with E-state index in [0.29, 0.717) is 21.1 Å². The lowest BCUT2D eigenvalue weighted by atomic mass is 10.3. The van der Waals surface area contributed by atoms with Gasteiger partial charge in [0.1, 0.15) is 5.82 Å². The van der Waals surface area contributed by atoms with Crippen LogP contribution in [0.2, 0.25) is 5.02 Å². The van der Waals surface area contributed by atoms with Crippen molar-refractivity contribution >= 4 is 50.9 Å². The molecule has 0 aliphatic rings. The maximum absolute atomic E-state index is 13.4. The Hall–Kier alpha value is -1.24. The molecule has 0 aliphatic carbocycles. The molecule has 0 fully saturated rings. The molecule has 0 amide bonds. The van der Waals surface area contributed by atoms with Crippen molar-refractivity contribution in [3.05, 3.63) is 50.5 Å². The summed E-state index contributed by atoms with van der Waals surface area (Å²) < 4.78 is 16.4. The van der Waals surface area contributed by atoms with Gasteiger partial charge in [-0.3, -0.25) is 4.57 Å². The number of hydrogen-bond acceptors (Lipinski definition) is 2. The van der Waals surface area contributed by atoms with Gasteiger partial charge in [-0.1, -0.05) is 11.6 Å². The maximum atomic E-state index is 13.4. The average Bonchev–Trinajstić information content (AvgIpc) is 2.62. The first-order valence-corrected chi connectivity index (χ1v) is 6.85. The zero-order valence-electron chi connectivity index (χ0n) is 9.32. The highest BCUT2D eigenvalue weighted by Gasteiger charge is 2.10. The Morgan fingerprint density at radius 1 is 1.32 bits per heavy atom. The molecule has 0 spiro atoms. The molecular weight excluding hydrogens is 353 g/mol. The van der Waals surface area contributed by atoms with Crippen molar-refractivity contribution in [1.82, 2.24) is 14.5 Å². The molecule has 0 saturated heterocycles. The van der Waals surface area contributed by atoms with E-state index in [4.69, 9.17) is 23.8 Å². The van der Waals surface area contributed by atoms with E-state index in [1.54, 1.807) is 16.8 Å². The molecular formula is C12H6BrClFN3S. The zero-order valence-corrected chi connectivity index (χ0v) is 12.5. The Morgan fingerprint density at radius 3 is 2.84 bits per heavy atom. The monoisotopic (exact) mass is 357 g/mol. The SMILES string of the molecule is Fc1cc(Cl)cc(-n2c(=S)[nH]c3cc(Br)cnc32)c1. The Labute approximate surface area is 126 Å². The predicted octanol–water partition coefficient (Wildman–Crippen LogP) is 4.64. The molecule has 0 aliphatic heterocycles. The third-order valence-electron chi connectivity index (χ3n) is 2.60. The van der Waals surface area contributed by atoms with E-state index in [-0.39, 0.29) is 0 Å². The van der Waals surface area contributed by atoms with Crippen molar-refractivity contribution in [1.29, 1.82) is 0 Å². The average molecular weight is 359 g/mol. The third-order valence-corrected chi connectivity index (χ3v) is 3.53. The molecule has 1 aromatic carbocycles. The van der Waals surface area contributed by atoms with E-state index in [1.165, 1.54) is 12.1 Å². The van der Waals surface area contributed by atoms with Crippen LogP contribution in [0.25, 0.3) is 16.9 Å². The number of benzene rings is 1. The second-order valence-corrected chi connectivity index (χ2v) is 5.66. The van der Waals surface area contributed by atoms with E-state index in [2.05, 4.69) is 25.9 Å². The molecule has 1 N–H and O–H groups in total. The Kier molecular flexibility index (Phi) is 3.16. The first-order chi connectivity index (χ1) is 9.04. The molecule has 96 valence electrons. The highest BCUT2D eigenvalue weighted by atomic mass is 79.9. The molecule has 2 aromatic heterocycles. The normalized spacial score (nSPS) is 11.1. The summed E-state index contributed by atoms with van der Waals surface area (Å²) in [5.41, 5.74) is 1.92. The maximum Gasteiger partial charge on any atom is 0.184 e. The number of pyridine rings is 1. The molecule has 0 atom stereocenters. The Morgan fingerprint density at radius 2 is 2.11 bits per heavy atom. The van der Waals surface area contributed by atoms with Crippen LogP contribution in [0, 0.1) is 10.6 Å². The summed E-state index contributed by atoms with van der Waals surface area (Å²) >= 11 is 14.5. The molecule has 0 bridgehead atoms. The van der Waals surface area contributed by atoms with E-state index in [9.17, 15) is 4.39 Å². The first kappa shape index (κ1) is 12.8. The van der Waals surface area contributed by atoms with E-state index in [0.717, 1.165) is 9.99 Å². The van der Waals surface area contributed by atoms with Gasteiger partial charge in [0, 0.05) is 15.7 Å². The largest absolute Gasteiger partial charge is 0.329 e. The number of aromatic nitrogens is 3. The number of nitrogens with zero attached hydrogens (tertiary/aromatic N) is 2. The number of hydrogen-bond donors (Lipinski definition) is 1. The summed E-state index contributed by atoms with van der Waals surface area (Å²) in [6.45, 7) is 0. The van der Waals surface area contributed by atoms with Crippen LogP contribution in [0.4, 0.5) is 4.39 Å². The molecule has 2 heterocycles. The molecule has 3 aromatic rings. The van der Waals surface area contributed by atoms with Crippen LogP contribution in [0.3, 0.4) is 0 Å². The highest BCUT2D eigenvalue weighted by Crippen LogP contribution is 2.23. The number of imidazole rings is 1. The fraction of sp³-hybridized carbons (Fsp3) is 0. The number of aromatic amines is 1. The topological polar surface area (TPSA) is 33.6 Å². The van der Waals surface area contributed by atoms with Crippen LogP contribution in [0.5, 0.6) is 0 Å². The highest BCUT2D eigenvalue weighted by molar-refractivity contribution is 9.10. The summed E-state index contributed by atoms with van der Waals surface area (Å²) in [5.74, 6) is -0.420. The van der Waals surface area contributed by atoms with Crippen molar-refractivity contribution in [2.75, 3.05) is 0 Å². The van der Waals surface area contributed by atoms with Crippen molar-refractivity contribution in [3.63, 3.8) is 0 Å². The molecule has 3 rings (SSSR count). The van der Waals surface area contributed by atoms with Crippen molar-refractivity contribution in [3.8, 4) is 5.69 Å². The van der Waals surface area contributed by atoms with Crippen LogP contribution in [-0.2, 0) is 0 Å². The number of rotatable bonds is 1. The van der Waals surface area contributed by atoms with Gasteiger partial charge in [0.15, 0.2) is 10.4 Å². The summed E-state index contributed by atoms with van der Waals surface area (Å²) in [4.78, 5) is 7.31. The van der Waals surface area contributed by atoms with Gasteiger partial charge < -0.3 is 4.98 Å². The molecule has 0 radical (unpaired) electrons. The lowest BCUT2D eigenvalue weighted by Crippen LogP contribution is -1.96. The number of nitrogens with one attached hydrogen (secondary N) is 1. The quantitative estimate of drug-likeness (QED) is 0.643. The molecule has 3 nitrogen and oxygen atoms in total. The molecule has 0 saturated carbocycles. The number of fused-ring (bicyclic) bond motifs is 1. The summed E-state index contributed by atoms with van der Waals surface area (Å²) in [6.07, 6.45) is 1.66. The van der Waals surface area contributed by atoms with Crippen LogP contribution in [0.1, 0.15) is 0 Å². The third kappa shape index (κ3) is 2.31. The Balaban J connectivity index is 2.36. The van der Waals surface area contributed by atoms with Gasteiger partial charge in [-0.15, -0.1) is 0 Å². The second-order valence-electron chi connectivity index (χ2n) is 3.92. The van der Waals surface area contributed by atoms with E-state index in [1.807, 2.05) is 6.07 Å². The van der Waals surface area contributed by atoms with Crippen molar-refractivity contribution < 1.29 is 4.39 Å².